The van der Waals surface area contributed by atoms with Crippen molar-refractivity contribution in [2.75, 3.05) is 7.11 Å². The highest BCUT2D eigenvalue weighted by atomic mass is 16.7. The van der Waals surface area contributed by atoms with Crippen molar-refractivity contribution < 1.29 is 28.9 Å². The number of methoxy groups -OCH3 is 1. The highest BCUT2D eigenvalue weighted by Gasteiger charge is 2.78. The summed E-state index contributed by atoms with van der Waals surface area (Å²) in [7, 11) is 1.55. The second-order valence-corrected chi connectivity index (χ2v) is 10.7. The van der Waals surface area contributed by atoms with Crippen molar-refractivity contribution in [3.8, 4) is 5.75 Å². The fourth-order valence-corrected chi connectivity index (χ4v) is 7.21. The van der Waals surface area contributed by atoms with E-state index in [4.69, 9.17) is 14.2 Å². The van der Waals surface area contributed by atoms with E-state index in [1.807, 2.05) is 53.7 Å². The molecule has 0 amide bonds. The summed E-state index contributed by atoms with van der Waals surface area (Å²) in [6.07, 6.45) is 0.492. The van der Waals surface area contributed by atoms with Crippen LogP contribution in [-0.2, 0) is 19.9 Å². The minimum absolute atomic E-state index is 0.135. The maximum Gasteiger partial charge on any atom is 0.230 e. The average Bonchev–Trinajstić information content (AvgIpc) is 3.05. The Kier molecular flexibility index (Phi) is 4.07. The highest BCUT2D eigenvalue weighted by molar-refractivity contribution is 6.47. The third-order valence-electron chi connectivity index (χ3n) is 9.34. The predicted molar refractivity (Wildman–Crippen MR) is 113 cm³/mol. The first kappa shape index (κ1) is 21.1. The van der Waals surface area contributed by atoms with E-state index in [1.54, 1.807) is 7.11 Å². The summed E-state index contributed by atoms with van der Waals surface area (Å²) in [6, 6.07) is 3.71. The van der Waals surface area contributed by atoms with Crippen molar-refractivity contribution in [1.29, 1.82) is 0 Å². The summed E-state index contributed by atoms with van der Waals surface area (Å²) in [6.45, 7) is 11.6. The van der Waals surface area contributed by atoms with Crippen LogP contribution in [0, 0.1) is 30.1 Å². The van der Waals surface area contributed by atoms with Gasteiger partial charge in [0.25, 0.3) is 0 Å². The summed E-state index contributed by atoms with van der Waals surface area (Å²) in [5.41, 5.74) is -0.849. The molecule has 1 aromatic rings. The van der Waals surface area contributed by atoms with Crippen LogP contribution in [0.1, 0.15) is 68.9 Å². The fraction of sp³-hybridized carbons (Fsp3) is 0.680. The van der Waals surface area contributed by atoms with Gasteiger partial charge in [-0.3, -0.25) is 9.59 Å². The summed E-state index contributed by atoms with van der Waals surface area (Å²) in [5.74, 6) is -2.05. The fourth-order valence-electron chi connectivity index (χ4n) is 7.21. The molecule has 2 aliphatic heterocycles. The van der Waals surface area contributed by atoms with Crippen LogP contribution in [0.2, 0.25) is 0 Å². The number of aliphatic hydroxyl groups excluding tert-OH is 1. The second kappa shape index (κ2) is 5.97. The Morgan fingerprint density at radius 1 is 1.10 bits per heavy atom. The van der Waals surface area contributed by atoms with Gasteiger partial charge in [-0.15, -0.1) is 0 Å². The molecule has 7 unspecified atom stereocenters. The average molecular weight is 429 g/mol. The molecule has 6 heteroatoms. The van der Waals surface area contributed by atoms with Gasteiger partial charge in [0, 0.05) is 23.0 Å². The molecule has 1 spiro atoms. The van der Waals surface area contributed by atoms with Crippen LogP contribution in [0.4, 0.5) is 0 Å². The lowest BCUT2D eigenvalue weighted by molar-refractivity contribution is -0.382. The molecule has 2 aliphatic carbocycles. The second-order valence-electron chi connectivity index (χ2n) is 10.7. The maximum atomic E-state index is 13.7. The molecule has 1 aromatic carbocycles. The van der Waals surface area contributed by atoms with Gasteiger partial charge in [-0.05, 0) is 58.1 Å². The highest BCUT2D eigenvalue weighted by Crippen LogP contribution is 2.71. The van der Waals surface area contributed by atoms with Gasteiger partial charge in [-0.1, -0.05) is 19.9 Å². The molecular weight excluding hydrogens is 396 g/mol. The quantitative estimate of drug-likeness (QED) is 0.689. The smallest absolute Gasteiger partial charge is 0.230 e. The number of benzene rings is 1. The molecular formula is C25H32O6. The van der Waals surface area contributed by atoms with E-state index in [-0.39, 0.29) is 17.8 Å². The van der Waals surface area contributed by atoms with Crippen LogP contribution in [0.5, 0.6) is 5.75 Å². The number of ether oxygens (including phenoxy) is 3. The molecule has 1 saturated carbocycles. The molecule has 2 heterocycles. The molecule has 7 atom stereocenters. The van der Waals surface area contributed by atoms with Gasteiger partial charge in [-0.2, -0.15) is 0 Å². The number of carbonyl (C=O) groups is 2. The number of hydrogen-bond donors (Lipinski definition) is 1. The zero-order valence-electron chi connectivity index (χ0n) is 19.4. The van der Waals surface area contributed by atoms with E-state index >= 15 is 0 Å². The Balaban J connectivity index is 1.79. The Labute approximate surface area is 183 Å². The number of ketones is 2. The molecule has 0 radical (unpaired) electrons. The zero-order chi connectivity index (χ0) is 22.7. The van der Waals surface area contributed by atoms with Crippen LogP contribution in [-0.4, -0.2) is 41.3 Å². The minimum atomic E-state index is -1.23. The van der Waals surface area contributed by atoms with Crippen molar-refractivity contribution >= 4 is 11.6 Å². The summed E-state index contributed by atoms with van der Waals surface area (Å²) in [4.78, 5) is 27.1. The first-order valence-electron chi connectivity index (χ1n) is 11.2. The van der Waals surface area contributed by atoms with Gasteiger partial charge in [0.2, 0.25) is 11.6 Å². The number of hydrogen-bond acceptors (Lipinski definition) is 6. The van der Waals surface area contributed by atoms with Crippen molar-refractivity contribution in [1.82, 2.24) is 0 Å². The maximum absolute atomic E-state index is 13.7. The van der Waals surface area contributed by atoms with E-state index < -0.39 is 40.1 Å². The Hall–Kier alpha value is -1.76. The summed E-state index contributed by atoms with van der Waals surface area (Å²) in [5, 5.41) is 11.4. The number of Topliss-reactive ketones (excluding diaryl/α,β-unsaturated/α-hetero) is 2. The molecule has 2 saturated heterocycles. The predicted octanol–water partition coefficient (Wildman–Crippen LogP) is 3.55. The van der Waals surface area contributed by atoms with Crippen molar-refractivity contribution in [2.24, 2.45) is 23.2 Å². The van der Waals surface area contributed by atoms with Crippen LogP contribution >= 0.6 is 0 Å². The molecule has 1 N–H and O–H groups in total. The van der Waals surface area contributed by atoms with E-state index in [2.05, 4.69) is 0 Å². The molecule has 168 valence electrons. The van der Waals surface area contributed by atoms with E-state index in [0.29, 0.717) is 23.3 Å². The molecule has 5 rings (SSSR count). The first-order valence-corrected chi connectivity index (χ1v) is 11.2. The Morgan fingerprint density at radius 3 is 2.35 bits per heavy atom. The van der Waals surface area contributed by atoms with Crippen molar-refractivity contribution in [3.63, 3.8) is 0 Å². The molecule has 0 aromatic heterocycles. The standard InChI is InChI=1S/C25H32O6/c1-12-17(29-7)9-8-16-18(12)19(26)21(28)23(6)15-10-11-24(16,23)31-25(13(15)2)20(27)14(3)22(4,5)30-25/h8-9,13-15,20,27H,10-11H2,1-7H3. The topological polar surface area (TPSA) is 82.1 Å². The van der Waals surface area contributed by atoms with Gasteiger partial charge in [0.05, 0.1) is 18.1 Å². The summed E-state index contributed by atoms with van der Waals surface area (Å²) < 4.78 is 18.9. The van der Waals surface area contributed by atoms with Crippen molar-refractivity contribution in [2.45, 2.75) is 77.5 Å². The Morgan fingerprint density at radius 2 is 1.77 bits per heavy atom. The van der Waals surface area contributed by atoms with E-state index in [9.17, 15) is 14.7 Å². The Bertz CT molecular complexity index is 1010. The first-order chi connectivity index (χ1) is 14.4. The van der Waals surface area contributed by atoms with Gasteiger partial charge in [0.1, 0.15) is 17.5 Å². The molecule has 3 fully saturated rings. The molecule has 31 heavy (non-hydrogen) atoms. The van der Waals surface area contributed by atoms with Gasteiger partial charge in [0.15, 0.2) is 5.79 Å². The largest absolute Gasteiger partial charge is 0.496 e. The van der Waals surface area contributed by atoms with Crippen LogP contribution < -0.4 is 4.74 Å². The molecule has 6 nitrogen and oxygen atoms in total. The normalized spacial score (nSPS) is 45.0. The van der Waals surface area contributed by atoms with E-state index in [0.717, 1.165) is 12.0 Å². The molecule has 2 bridgehead atoms. The van der Waals surface area contributed by atoms with Gasteiger partial charge < -0.3 is 19.3 Å². The van der Waals surface area contributed by atoms with Crippen LogP contribution in [0.25, 0.3) is 0 Å². The van der Waals surface area contributed by atoms with Crippen LogP contribution in [0.3, 0.4) is 0 Å². The summed E-state index contributed by atoms with van der Waals surface area (Å²) >= 11 is 0. The lowest BCUT2D eigenvalue weighted by Gasteiger charge is -2.59. The number of rotatable bonds is 1. The lowest BCUT2D eigenvalue weighted by atomic mass is 9.54. The third kappa shape index (κ3) is 2.10. The van der Waals surface area contributed by atoms with Gasteiger partial charge >= 0.3 is 0 Å². The van der Waals surface area contributed by atoms with E-state index in [1.165, 1.54) is 0 Å². The number of carbonyl (C=O) groups excluding carboxylic acids is 2. The van der Waals surface area contributed by atoms with Crippen LogP contribution in [0.15, 0.2) is 12.1 Å². The van der Waals surface area contributed by atoms with Crippen molar-refractivity contribution in [3.05, 3.63) is 28.8 Å². The molecule has 4 aliphatic rings. The minimum Gasteiger partial charge on any atom is -0.496 e. The zero-order valence-corrected chi connectivity index (χ0v) is 19.4. The third-order valence-corrected chi connectivity index (χ3v) is 9.34. The monoisotopic (exact) mass is 428 g/mol. The SMILES string of the molecule is COc1ccc2c(c1C)C(=O)C(=O)C1(C)C3CCC21OC1(OC(C)(C)C(C)C1O)C3C. The van der Waals surface area contributed by atoms with Gasteiger partial charge in [-0.25, -0.2) is 0 Å². The number of aliphatic hydroxyl groups is 1. The lowest BCUT2D eigenvalue weighted by Crippen LogP contribution is -2.69. The number of fused-ring (bicyclic) bond motifs is 1.